The fourth-order valence-electron chi connectivity index (χ4n) is 3.16. The Bertz CT molecular complexity index is 976. The molecule has 0 spiro atoms. The summed E-state index contributed by atoms with van der Waals surface area (Å²) >= 11 is 5.96. The standard InChI is InChI=1S/C19H21ClN2O4S/c1-3-19(23)22-10-4-5-13-6-8-15(12-16(13)22)21-27(24,25)18-11-14(20)7-9-17(18)26-2/h6-9,11-12,21H,3-5,10H2,1-2H3. The number of anilines is 2. The van der Waals surface area contributed by atoms with Crippen LogP contribution < -0.4 is 14.4 Å². The van der Waals surface area contributed by atoms with Gasteiger partial charge >= 0.3 is 0 Å². The van der Waals surface area contributed by atoms with Crippen molar-refractivity contribution < 1.29 is 17.9 Å². The number of methoxy groups -OCH3 is 1. The zero-order chi connectivity index (χ0) is 19.6. The minimum absolute atomic E-state index is 0.0208. The molecule has 8 heteroatoms. The first kappa shape index (κ1) is 19.5. The third-order valence-corrected chi connectivity index (χ3v) is 6.11. The maximum Gasteiger partial charge on any atom is 0.265 e. The largest absolute Gasteiger partial charge is 0.495 e. The van der Waals surface area contributed by atoms with Crippen LogP contribution in [0.2, 0.25) is 5.02 Å². The lowest BCUT2D eigenvalue weighted by Gasteiger charge is -2.30. The fourth-order valence-corrected chi connectivity index (χ4v) is 4.64. The molecule has 0 atom stereocenters. The normalized spacial score (nSPS) is 13.8. The van der Waals surface area contributed by atoms with Crippen LogP contribution in [0.5, 0.6) is 5.75 Å². The van der Waals surface area contributed by atoms with Crippen molar-refractivity contribution in [2.45, 2.75) is 31.1 Å². The van der Waals surface area contributed by atoms with Gasteiger partial charge in [0.1, 0.15) is 10.6 Å². The van der Waals surface area contributed by atoms with Crippen molar-refractivity contribution in [3.63, 3.8) is 0 Å². The molecule has 1 N–H and O–H groups in total. The number of fused-ring (bicyclic) bond motifs is 1. The number of aryl methyl sites for hydroxylation is 1. The number of carbonyl (C=O) groups is 1. The number of amides is 1. The van der Waals surface area contributed by atoms with Crippen LogP contribution in [-0.2, 0) is 21.2 Å². The number of nitrogens with one attached hydrogen (secondary N) is 1. The number of hydrogen-bond donors (Lipinski definition) is 1. The van der Waals surface area contributed by atoms with Crippen molar-refractivity contribution in [3.8, 4) is 5.75 Å². The third-order valence-electron chi connectivity index (χ3n) is 4.47. The van der Waals surface area contributed by atoms with Crippen molar-refractivity contribution in [1.82, 2.24) is 0 Å². The molecule has 0 fully saturated rings. The molecule has 0 radical (unpaired) electrons. The van der Waals surface area contributed by atoms with Gasteiger partial charge < -0.3 is 9.64 Å². The molecule has 0 unspecified atom stereocenters. The van der Waals surface area contributed by atoms with E-state index in [1.54, 1.807) is 23.1 Å². The molecule has 27 heavy (non-hydrogen) atoms. The zero-order valence-corrected chi connectivity index (χ0v) is 16.7. The Labute approximate surface area is 164 Å². The van der Waals surface area contributed by atoms with E-state index in [0.717, 1.165) is 24.1 Å². The Balaban J connectivity index is 1.97. The van der Waals surface area contributed by atoms with Gasteiger partial charge in [0, 0.05) is 23.7 Å². The monoisotopic (exact) mass is 408 g/mol. The minimum atomic E-state index is -3.91. The summed E-state index contributed by atoms with van der Waals surface area (Å²) in [7, 11) is -2.51. The van der Waals surface area contributed by atoms with Crippen LogP contribution in [0.1, 0.15) is 25.3 Å². The second-order valence-corrected chi connectivity index (χ2v) is 8.33. The number of rotatable bonds is 5. The van der Waals surface area contributed by atoms with Gasteiger partial charge in [-0.15, -0.1) is 0 Å². The predicted molar refractivity (Wildman–Crippen MR) is 106 cm³/mol. The average molecular weight is 409 g/mol. The number of ether oxygens (including phenoxy) is 1. The fraction of sp³-hybridized carbons (Fsp3) is 0.316. The van der Waals surface area contributed by atoms with E-state index in [-0.39, 0.29) is 16.6 Å². The van der Waals surface area contributed by atoms with Gasteiger partial charge in [0.2, 0.25) is 5.91 Å². The topological polar surface area (TPSA) is 75.7 Å². The Kier molecular flexibility index (Phi) is 5.62. The van der Waals surface area contributed by atoms with Gasteiger partial charge in [-0.25, -0.2) is 8.42 Å². The van der Waals surface area contributed by atoms with E-state index in [1.807, 2.05) is 13.0 Å². The first-order chi connectivity index (χ1) is 12.9. The number of sulfonamides is 1. The molecule has 0 saturated carbocycles. The van der Waals surface area contributed by atoms with Crippen LogP contribution in [0.25, 0.3) is 0 Å². The van der Waals surface area contributed by atoms with Crippen LogP contribution in [0.15, 0.2) is 41.3 Å². The molecule has 3 rings (SSSR count). The highest BCUT2D eigenvalue weighted by atomic mass is 35.5. The smallest absolute Gasteiger partial charge is 0.265 e. The molecule has 144 valence electrons. The van der Waals surface area contributed by atoms with Crippen LogP contribution >= 0.6 is 11.6 Å². The molecule has 1 aliphatic heterocycles. The summed E-state index contributed by atoms with van der Waals surface area (Å²) < 4.78 is 33.4. The molecule has 0 bridgehead atoms. The zero-order valence-electron chi connectivity index (χ0n) is 15.2. The molecular formula is C19H21ClN2O4S. The van der Waals surface area contributed by atoms with Gasteiger partial charge in [0.05, 0.1) is 12.8 Å². The van der Waals surface area contributed by atoms with E-state index >= 15 is 0 Å². The molecule has 0 saturated heterocycles. The third kappa shape index (κ3) is 4.04. The Hall–Kier alpha value is -2.25. The number of benzene rings is 2. The molecule has 6 nitrogen and oxygen atoms in total. The van der Waals surface area contributed by atoms with E-state index in [0.29, 0.717) is 23.7 Å². The van der Waals surface area contributed by atoms with E-state index < -0.39 is 10.0 Å². The molecule has 1 amide bonds. The lowest BCUT2D eigenvalue weighted by molar-refractivity contribution is -0.118. The van der Waals surface area contributed by atoms with E-state index in [9.17, 15) is 13.2 Å². The maximum atomic E-state index is 12.8. The number of carbonyl (C=O) groups excluding carboxylic acids is 1. The number of hydrogen-bond acceptors (Lipinski definition) is 4. The van der Waals surface area contributed by atoms with Crippen molar-refractivity contribution in [1.29, 1.82) is 0 Å². The van der Waals surface area contributed by atoms with Crippen LogP contribution in [0, 0.1) is 0 Å². The maximum absolute atomic E-state index is 12.8. The summed E-state index contributed by atoms with van der Waals surface area (Å²) in [6.07, 6.45) is 2.15. The van der Waals surface area contributed by atoms with Crippen LogP contribution in [-0.4, -0.2) is 28.0 Å². The summed E-state index contributed by atoms with van der Waals surface area (Å²) in [6, 6.07) is 9.67. The van der Waals surface area contributed by atoms with E-state index in [4.69, 9.17) is 16.3 Å². The second kappa shape index (κ2) is 7.78. The summed E-state index contributed by atoms with van der Waals surface area (Å²) in [4.78, 5) is 13.9. The Morgan fingerprint density at radius 3 is 2.74 bits per heavy atom. The molecule has 1 heterocycles. The van der Waals surface area contributed by atoms with Gasteiger partial charge in [-0.2, -0.15) is 0 Å². The van der Waals surface area contributed by atoms with Gasteiger partial charge in [-0.1, -0.05) is 24.6 Å². The quantitative estimate of drug-likeness (QED) is 0.815. The van der Waals surface area contributed by atoms with E-state index in [1.165, 1.54) is 19.2 Å². The molecule has 1 aliphatic rings. The summed E-state index contributed by atoms with van der Waals surface area (Å²) in [5.74, 6) is 0.222. The molecule has 0 aliphatic carbocycles. The van der Waals surface area contributed by atoms with Crippen molar-refractivity contribution in [2.24, 2.45) is 0 Å². The van der Waals surface area contributed by atoms with Gasteiger partial charge in [-0.05, 0) is 48.7 Å². The van der Waals surface area contributed by atoms with Gasteiger partial charge in [0.15, 0.2) is 0 Å². The molecule has 2 aromatic rings. The molecule has 2 aromatic carbocycles. The lowest BCUT2D eigenvalue weighted by atomic mass is 10.0. The Morgan fingerprint density at radius 1 is 1.26 bits per heavy atom. The minimum Gasteiger partial charge on any atom is -0.495 e. The van der Waals surface area contributed by atoms with Crippen molar-refractivity contribution >= 4 is 38.9 Å². The average Bonchev–Trinajstić information content (AvgIpc) is 2.66. The first-order valence-electron chi connectivity index (χ1n) is 8.65. The van der Waals surface area contributed by atoms with Crippen LogP contribution in [0.4, 0.5) is 11.4 Å². The van der Waals surface area contributed by atoms with Crippen LogP contribution in [0.3, 0.4) is 0 Å². The number of halogens is 1. The first-order valence-corrected chi connectivity index (χ1v) is 10.5. The summed E-state index contributed by atoms with van der Waals surface area (Å²) in [5.41, 5.74) is 2.17. The molecular weight excluding hydrogens is 388 g/mol. The SMILES string of the molecule is CCC(=O)N1CCCc2ccc(NS(=O)(=O)c3cc(Cl)ccc3OC)cc21. The van der Waals surface area contributed by atoms with Crippen molar-refractivity contribution in [2.75, 3.05) is 23.3 Å². The highest BCUT2D eigenvalue weighted by Gasteiger charge is 2.24. The second-order valence-electron chi connectivity index (χ2n) is 6.25. The summed E-state index contributed by atoms with van der Waals surface area (Å²) in [5, 5.41) is 0.293. The highest BCUT2D eigenvalue weighted by Crippen LogP contribution is 2.33. The lowest BCUT2D eigenvalue weighted by Crippen LogP contribution is -2.35. The van der Waals surface area contributed by atoms with Gasteiger partial charge in [0.25, 0.3) is 10.0 Å². The predicted octanol–water partition coefficient (Wildman–Crippen LogP) is 3.84. The summed E-state index contributed by atoms with van der Waals surface area (Å²) in [6.45, 7) is 2.45. The molecule has 0 aromatic heterocycles. The number of nitrogens with zero attached hydrogens (tertiary/aromatic N) is 1. The Morgan fingerprint density at radius 2 is 2.04 bits per heavy atom. The van der Waals surface area contributed by atoms with E-state index in [2.05, 4.69) is 4.72 Å². The van der Waals surface area contributed by atoms with Crippen molar-refractivity contribution in [3.05, 3.63) is 47.0 Å². The highest BCUT2D eigenvalue weighted by molar-refractivity contribution is 7.92. The van der Waals surface area contributed by atoms with Gasteiger partial charge in [-0.3, -0.25) is 9.52 Å².